The Hall–Kier alpha value is -3.95. The summed E-state index contributed by atoms with van der Waals surface area (Å²) in [7, 11) is 1.59. The molecule has 0 saturated heterocycles. The third kappa shape index (κ3) is 5.07. The van der Waals surface area contributed by atoms with Gasteiger partial charge in [-0.25, -0.2) is 4.99 Å². The highest BCUT2D eigenvalue weighted by Gasteiger charge is 2.33. The molecule has 0 unspecified atom stereocenters. The summed E-state index contributed by atoms with van der Waals surface area (Å²) in [5.74, 6) is 0.950. The van der Waals surface area contributed by atoms with Crippen LogP contribution in [0.3, 0.4) is 0 Å². The molecule has 7 nitrogen and oxygen atoms in total. The van der Waals surface area contributed by atoms with Gasteiger partial charge < -0.3 is 14.8 Å². The number of ether oxygens (including phenoxy) is 2. The van der Waals surface area contributed by atoms with Gasteiger partial charge in [-0.05, 0) is 68.1 Å². The van der Waals surface area contributed by atoms with E-state index in [0.29, 0.717) is 37.8 Å². The number of thiophene rings is 1. The van der Waals surface area contributed by atoms with Crippen LogP contribution in [0.5, 0.6) is 11.5 Å². The topological polar surface area (TPSA) is 81.9 Å². The fraction of sp³-hybridized carbons (Fsp3) is 0.207. The Balaban J connectivity index is 1.60. The van der Waals surface area contributed by atoms with E-state index < -0.39 is 6.04 Å². The molecule has 0 saturated carbocycles. The number of nitrogens with one attached hydrogen (secondary N) is 1. The highest BCUT2D eigenvalue weighted by molar-refractivity contribution is 7.10. The van der Waals surface area contributed by atoms with Crippen LogP contribution in [0.4, 0.5) is 5.69 Å². The number of fused-ring (bicyclic) bond motifs is 1. The molecule has 1 aliphatic heterocycles. The molecule has 9 heteroatoms. The number of para-hydroxylation sites is 1. The van der Waals surface area contributed by atoms with Gasteiger partial charge in [0.15, 0.2) is 16.3 Å². The zero-order valence-electron chi connectivity index (χ0n) is 21.4. The van der Waals surface area contributed by atoms with Crippen molar-refractivity contribution in [1.82, 2.24) is 4.57 Å². The lowest BCUT2D eigenvalue weighted by atomic mass is 10.0. The molecule has 0 bridgehead atoms. The van der Waals surface area contributed by atoms with E-state index in [1.54, 1.807) is 11.7 Å². The third-order valence-electron chi connectivity index (χ3n) is 5.96. The van der Waals surface area contributed by atoms with Gasteiger partial charge in [0.2, 0.25) is 0 Å². The monoisotopic (exact) mass is 545 g/mol. The maximum atomic E-state index is 13.8. The molecular weight excluding hydrogens is 518 g/mol. The molecule has 3 heterocycles. The lowest BCUT2D eigenvalue weighted by Gasteiger charge is -2.24. The summed E-state index contributed by atoms with van der Waals surface area (Å²) in [6, 6.07) is 18.1. The molecule has 4 aromatic rings. The predicted octanol–water partition coefficient (Wildman–Crippen LogP) is 4.73. The number of allylic oxidation sites excluding steroid dienone is 1. The van der Waals surface area contributed by atoms with E-state index in [0.717, 1.165) is 10.4 Å². The standard InChI is InChI=1S/C29H27N3O4S2/c1-17(2)36-21-13-12-19(15-22(21)35-4)16-24-28(34)32-26(23-11-8-14-37-23)25(18(3)30-29(32)38-24)27(33)31-20-9-6-5-7-10-20/h5-17,26H,1-4H3,(H,31,33)/b24-16-/t26-/m0/s1. The molecule has 0 radical (unpaired) electrons. The predicted molar refractivity (Wildman–Crippen MR) is 152 cm³/mol. The fourth-order valence-corrected chi connectivity index (χ4v) is 6.19. The van der Waals surface area contributed by atoms with E-state index in [1.165, 1.54) is 22.7 Å². The van der Waals surface area contributed by atoms with Crippen LogP contribution in [0.25, 0.3) is 6.08 Å². The summed E-state index contributed by atoms with van der Waals surface area (Å²) in [4.78, 5) is 33.5. The number of benzene rings is 2. The maximum Gasteiger partial charge on any atom is 0.271 e. The number of carbonyl (C=O) groups is 1. The van der Waals surface area contributed by atoms with Crippen LogP contribution in [0.1, 0.15) is 37.3 Å². The van der Waals surface area contributed by atoms with Crippen LogP contribution in [0.15, 0.2) is 87.1 Å². The molecule has 0 spiro atoms. The van der Waals surface area contributed by atoms with Gasteiger partial charge in [-0.1, -0.05) is 41.7 Å². The van der Waals surface area contributed by atoms with E-state index in [4.69, 9.17) is 14.5 Å². The van der Waals surface area contributed by atoms with Gasteiger partial charge in [-0.2, -0.15) is 0 Å². The molecule has 1 aliphatic rings. The highest BCUT2D eigenvalue weighted by atomic mass is 32.1. The second-order valence-corrected chi connectivity index (χ2v) is 11.0. The molecule has 0 aliphatic carbocycles. The van der Waals surface area contributed by atoms with Crippen molar-refractivity contribution in [2.75, 3.05) is 12.4 Å². The van der Waals surface area contributed by atoms with Crippen molar-refractivity contribution in [2.45, 2.75) is 32.9 Å². The molecule has 2 aromatic heterocycles. The Morgan fingerprint density at radius 1 is 1.11 bits per heavy atom. The molecule has 194 valence electrons. The van der Waals surface area contributed by atoms with Gasteiger partial charge in [-0.15, -0.1) is 11.3 Å². The largest absolute Gasteiger partial charge is 0.493 e. The van der Waals surface area contributed by atoms with Gasteiger partial charge in [0, 0.05) is 10.6 Å². The minimum Gasteiger partial charge on any atom is -0.493 e. The van der Waals surface area contributed by atoms with Gasteiger partial charge in [0.25, 0.3) is 11.5 Å². The van der Waals surface area contributed by atoms with Crippen LogP contribution in [0, 0.1) is 0 Å². The van der Waals surface area contributed by atoms with Crippen LogP contribution in [0.2, 0.25) is 0 Å². The number of nitrogens with zero attached hydrogens (tertiary/aromatic N) is 2. The van der Waals surface area contributed by atoms with Crippen molar-refractivity contribution >= 4 is 40.3 Å². The number of methoxy groups -OCH3 is 1. The minimum atomic E-state index is -0.575. The van der Waals surface area contributed by atoms with E-state index >= 15 is 0 Å². The van der Waals surface area contributed by atoms with Crippen molar-refractivity contribution in [1.29, 1.82) is 0 Å². The Morgan fingerprint density at radius 2 is 1.89 bits per heavy atom. The summed E-state index contributed by atoms with van der Waals surface area (Å²) in [5, 5.41) is 4.91. The summed E-state index contributed by atoms with van der Waals surface area (Å²) in [6.45, 7) is 5.72. The first-order valence-electron chi connectivity index (χ1n) is 12.1. The lowest BCUT2D eigenvalue weighted by Crippen LogP contribution is -2.40. The van der Waals surface area contributed by atoms with Crippen molar-refractivity contribution in [3.05, 3.63) is 107 Å². The van der Waals surface area contributed by atoms with Gasteiger partial charge >= 0.3 is 0 Å². The summed E-state index contributed by atoms with van der Waals surface area (Å²) in [6.07, 6.45) is 1.83. The lowest BCUT2D eigenvalue weighted by molar-refractivity contribution is -0.113. The van der Waals surface area contributed by atoms with Gasteiger partial charge in [0.1, 0.15) is 6.04 Å². The molecule has 2 aromatic carbocycles. The first kappa shape index (κ1) is 25.7. The zero-order valence-corrected chi connectivity index (χ0v) is 23.1. The molecule has 1 N–H and O–H groups in total. The molecule has 5 rings (SSSR count). The minimum absolute atomic E-state index is 0.00668. The van der Waals surface area contributed by atoms with E-state index in [-0.39, 0.29) is 17.6 Å². The smallest absolute Gasteiger partial charge is 0.271 e. The normalized spacial score (nSPS) is 15.3. The van der Waals surface area contributed by atoms with Gasteiger partial charge in [0.05, 0.1) is 29.0 Å². The summed E-state index contributed by atoms with van der Waals surface area (Å²) >= 11 is 2.81. The van der Waals surface area contributed by atoms with Crippen molar-refractivity contribution in [2.24, 2.45) is 4.99 Å². The number of anilines is 1. The Labute approximate surface area is 228 Å². The van der Waals surface area contributed by atoms with Crippen LogP contribution < -0.4 is 29.7 Å². The molecule has 38 heavy (non-hydrogen) atoms. The number of amides is 1. The molecule has 1 atom stereocenters. The van der Waals surface area contributed by atoms with Crippen LogP contribution in [-0.2, 0) is 4.79 Å². The molecule has 0 fully saturated rings. The first-order chi connectivity index (χ1) is 18.4. The number of hydrogen-bond acceptors (Lipinski definition) is 7. The van der Waals surface area contributed by atoms with Crippen LogP contribution in [-0.4, -0.2) is 23.7 Å². The molecule has 1 amide bonds. The average molecular weight is 546 g/mol. The Kier molecular flexibility index (Phi) is 7.31. The number of rotatable bonds is 7. The van der Waals surface area contributed by atoms with E-state index in [1.807, 2.05) is 92.9 Å². The highest BCUT2D eigenvalue weighted by Crippen LogP contribution is 2.33. The quantitative estimate of drug-likeness (QED) is 0.364. The van der Waals surface area contributed by atoms with E-state index in [9.17, 15) is 9.59 Å². The SMILES string of the molecule is COc1cc(/C=c2\sc3n(c2=O)[C@@H](c2cccs2)C(C(=O)Nc2ccccc2)=C(C)N=3)ccc1OC(C)C. The average Bonchev–Trinajstić information content (AvgIpc) is 3.53. The second kappa shape index (κ2) is 10.8. The van der Waals surface area contributed by atoms with Crippen molar-refractivity contribution < 1.29 is 14.3 Å². The van der Waals surface area contributed by atoms with Crippen molar-refractivity contribution in [3.63, 3.8) is 0 Å². The van der Waals surface area contributed by atoms with Gasteiger partial charge in [-0.3, -0.25) is 14.2 Å². The fourth-order valence-electron chi connectivity index (χ4n) is 4.32. The Bertz CT molecular complexity index is 1680. The number of hydrogen-bond donors (Lipinski definition) is 1. The van der Waals surface area contributed by atoms with Crippen LogP contribution >= 0.6 is 22.7 Å². The van der Waals surface area contributed by atoms with Crippen molar-refractivity contribution in [3.8, 4) is 11.5 Å². The number of carbonyl (C=O) groups excluding carboxylic acids is 1. The maximum absolute atomic E-state index is 13.8. The molecular formula is C29H27N3O4S2. The number of thiazole rings is 1. The van der Waals surface area contributed by atoms with E-state index in [2.05, 4.69) is 5.32 Å². The Morgan fingerprint density at radius 3 is 2.58 bits per heavy atom. The zero-order chi connectivity index (χ0) is 26.8. The third-order valence-corrected chi connectivity index (χ3v) is 7.87. The summed E-state index contributed by atoms with van der Waals surface area (Å²) < 4.78 is 13.5. The first-order valence-corrected chi connectivity index (χ1v) is 13.8. The summed E-state index contributed by atoms with van der Waals surface area (Å²) in [5.41, 5.74) is 2.31. The second-order valence-electron chi connectivity index (χ2n) is 8.99. The number of aromatic nitrogens is 1.